The fourth-order valence-corrected chi connectivity index (χ4v) is 6.24. The van der Waals surface area contributed by atoms with Crippen molar-refractivity contribution in [2.24, 2.45) is 17.8 Å². The smallest absolute Gasteiger partial charge is 0.410 e. The Morgan fingerprint density at radius 3 is 2.57 bits per heavy atom. The fraction of sp³-hybridized carbons (Fsp3) is 0.743. The molecule has 0 aromatic rings. The lowest BCUT2D eigenvalue weighted by molar-refractivity contribution is -0.168. The molecule has 3 aliphatic heterocycles. The van der Waals surface area contributed by atoms with Gasteiger partial charge >= 0.3 is 18.0 Å². The van der Waals surface area contributed by atoms with Crippen LogP contribution in [0.1, 0.15) is 80.6 Å². The van der Waals surface area contributed by atoms with Crippen LogP contribution < -0.4 is 5.32 Å². The lowest BCUT2D eigenvalue weighted by Crippen LogP contribution is -2.51. The van der Waals surface area contributed by atoms with E-state index in [2.05, 4.69) is 18.3 Å². The van der Waals surface area contributed by atoms with Crippen LogP contribution in [-0.2, 0) is 28.5 Å². The summed E-state index contributed by atoms with van der Waals surface area (Å²) < 4.78 is 23.5. The second-order valence-corrected chi connectivity index (χ2v) is 13.5. The Kier molecular flexibility index (Phi) is 14.3. The van der Waals surface area contributed by atoms with Crippen LogP contribution in [0.5, 0.6) is 0 Å². The zero-order valence-corrected chi connectivity index (χ0v) is 28.6. The van der Waals surface area contributed by atoms with Gasteiger partial charge in [0, 0.05) is 44.9 Å². The van der Waals surface area contributed by atoms with Crippen molar-refractivity contribution < 1.29 is 43.5 Å². The van der Waals surface area contributed by atoms with Gasteiger partial charge in [0.25, 0.3) is 0 Å². The molecule has 0 aromatic carbocycles. The topological polar surface area (TPSA) is 147 Å². The first-order valence-electron chi connectivity index (χ1n) is 16.8. The minimum Gasteiger partial charge on any atom is -0.457 e. The number of allylic oxidation sites excluding steroid dienone is 3. The average Bonchev–Trinajstić information content (AvgIpc) is 3.77. The molecule has 0 aromatic heterocycles. The SMILES string of the molecule is CC[C@H](O)[C@@H](C)C1O[C@@H]1C[C@H](C)/C=C/C=C(\C)[C@H]1OC(=O)C[C@H](O)CC[C@@](C)(OC(C)=O)[C@@H](OC(=O)N2CCNCC2)/C=C/[C@@H]1C. The number of ether oxygens (including phenoxy) is 4. The van der Waals surface area contributed by atoms with Gasteiger partial charge in [-0.1, -0.05) is 52.0 Å². The molecule has 3 N–H and O–H groups in total. The van der Waals surface area contributed by atoms with Gasteiger partial charge in [-0.2, -0.15) is 0 Å². The van der Waals surface area contributed by atoms with Crippen LogP contribution in [0.15, 0.2) is 36.0 Å². The Hall–Kier alpha value is -2.73. The number of cyclic esters (lactones) is 1. The number of piperazine rings is 1. The molecule has 3 rings (SSSR count). The van der Waals surface area contributed by atoms with Gasteiger partial charge in [0.05, 0.1) is 30.8 Å². The zero-order valence-electron chi connectivity index (χ0n) is 28.6. The maximum Gasteiger partial charge on any atom is 0.410 e. The van der Waals surface area contributed by atoms with Gasteiger partial charge in [-0.15, -0.1) is 0 Å². The van der Waals surface area contributed by atoms with Crippen LogP contribution in [0.25, 0.3) is 0 Å². The van der Waals surface area contributed by atoms with Crippen LogP contribution >= 0.6 is 0 Å². The Bertz CT molecular complexity index is 1120. The summed E-state index contributed by atoms with van der Waals surface area (Å²) in [6, 6.07) is 0. The van der Waals surface area contributed by atoms with Crippen LogP contribution in [0.3, 0.4) is 0 Å². The number of rotatable bonds is 10. The van der Waals surface area contributed by atoms with Crippen molar-refractivity contribution in [3.05, 3.63) is 36.0 Å². The molecule has 0 spiro atoms. The molecular formula is C35H56N2O9. The molecule has 0 bridgehead atoms. The number of aliphatic hydroxyl groups is 2. The third kappa shape index (κ3) is 11.2. The standard InChI is InChI=1S/C35H56N2O9/c1-8-28(40)25(5)33-29(43-33)20-22(2)10-9-11-23(3)32-24(4)12-13-30(44-34(42)37-18-16-36-17-19-37)35(7,46-26(6)38)15-14-27(39)21-31(41)45-32/h9-13,22,24-25,27-30,32-33,36,39-40H,8,14-21H2,1-7H3/b10-9+,13-12+,23-11+/t22-,24+,25-,27-,28+,29-,30+,32-,33?,35-/m1/s1. The number of hydrogen-bond acceptors (Lipinski definition) is 10. The van der Waals surface area contributed by atoms with E-state index in [9.17, 15) is 24.6 Å². The van der Waals surface area contributed by atoms with Crippen LogP contribution in [0.2, 0.25) is 0 Å². The molecule has 3 heterocycles. The number of carbonyl (C=O) groups excluding carboxylic acids is 3. The quantitative estimate of drug-likeness (QED) is 0.104. The third-order valence-corrected chi connectivity index (χ3v) is 9.30. The predicted octanol–water partition coefficient (Wildman–Crippen LogP) is 4.07. The van der Waals surface area contributed by atoms with Gasteiger partial charge in [-0.25, -0.2) is 4.79 Å². The Balaban J connectivity index is 1.79. The lowest BCUT2D eigenvalue weighted by atomic mass is 9.88. The maximum absolute atomic E-state index is 13.2. The second kappa shape index (κ2) is 17.4. The number of carbonyl (C=O) groups is 3. The van der Waals surface area contributed by atoms with Crippen molar-refractivity contribution in [2.75, 3.05) is 26.2 Å². The molecule has 46 heavy (non-hydrogen) atoms. The van der Waals surface area contributed by atoms with E-state index in [-0.39, 0.29) is 55.3 Å². The van der Waals surface area contributed by atoms with Gasteiger partial charge in [0.1, 0.15) is 11.7 Å². The highest BCUT2D eigenvalue weighted by atomic mass is 16.6. The largest absolute Gasteiger partial charge is 0.457 e. The molecule has 0 aliphatic carbocycles. The maximum atomic E-state index is 13.2. The number of nitrogens with zero attached hydrogens (tertiary/aromatic N) is 1. The van der Waals surface area contributed by atoms with Gasteiger partial charge in [0.2, 0.25) is 0 Å². The zero-order chi connectivity index (χ0) is 34.0. The Morgan fingerprint density at radius 2 is 1.91 bits per heavy atom. The lowest BCUT2D eigenvalue weighted by Gasteiger charge is -2.37. The summed E-state index contributed by atoms with van der Waals surface area (Å²) in [5.41, 5.74) is -0.468. The number of nitrogens with one attached hydrogen (secondary N) is 1. The van der Waals surface area contributed by atoms with Gasteiger partial charge in [-0.3, -0.25) is 9.59 Å². The van der Waals surface area contributed by atoms with Crippen molar-refractivity contribution in [3.63, 3.8) is 0 Å². The number of hydrogen-bond donors (Lipinski definition) is 3. The van der Waals surface area contributed by atoms with E-state index in [0.29, 0.717) is 32.6 Å². The summed E-state index contributed by atoms with van der Waals surface area (Å²) in [6.07, 6.45) is 7.84. The van der Waals surface area contributed by atoms with Crippen LogP contribution in [0, 0.1) is 17.8 Å². The van der Waals surface area contributed by atoms with Crippen molar-refractivity contribution in [2.45, 2.75) is 123 Å². The van der Waals surface area contributed by atoms with Crippen molar-refractivity contribution in [3.8, 4) is 0 Å². The third-order valence-electron chi connectivity index (χ3n) is 9.30. The van der Waals surface area contributed by atoms with E-state index < -0.39 is 41.9 Å². The van der Waals surface area contributed by atoms with E-state index in [1.165, 1.54) is 6.92 Å². The van der Waals surface area contributed by atoms with E-state index in [4.69, 9.17) is 18.9 Å². The fourth-order valence-electron chi connectivity index (χ4n) is 6.24. The van der Waals surface area contributed by atoms with E-state index in [1.54, 1.807) is 17.9 Å². The normalized spacial score (nSPS) is 34.0. The average molecular weight is 649 g/mol. The van der Waals surface area contributed by atoms with Crippen LogP contribution in [-0.4, -0.2) is 102 Å². The molecule has 1 amide bonds. The van der Waals surface area contributed by atoms with Gasteiger partial charge < -0.3 is 39.4 Å². The minimum atomic E-state index is -1.27. The highest BCUT2D eigenvalue weighted by Gasteiger charge is 2.45. The molecular weight excluding hydrogens is 592 g/mol. The minimum absolute atomic E-state index is 0.0874. The molecule has 1 unspecified atom stereocenters. The molecule has 11 nitrogen and oxygen atoms in total. The summed E-state index contributed by atoms with van der Waals surface area (Å²) in [5.74, 6) is -1.06. The number of amides is 1. The molecule has 11 heteroatoms. The monoisotopic (exact) mass is 648 g/mol. The van der Waals surface area contributed by atoms with Crippen LogP contribution in [0.4, 0.5) is 4.79 Å². The Morgan fingerprint density at radius 1 is 1.22 bits per heavy atom. The molecule has 0 radical (unpaired) electrons. The summed E-state index contributed by atoms with van der Waals surface area (Å²) in [7, 11) is 0. The highest BCUT2D eigenvalue weighted by Crippen LogP contribution is 2.36. The first-order valence-corrected chi connectivity index (χ1v) is 16.8. The van der Waals surface area contributed by atoms with E-state index in [1.807, 2.05) is 45.9 Å². The first-order chi connectivity index (χ1) is 21.7. The molecule has 260 valence electrons. The second-order valence-electron chi connectivity index (χ2n) is 13.5. The Labute approximate surface area is 274 Å². The molecule has 0 saturated carbocycles. The summed E-state index contributed by atoms with van der Waals surface area (Å²) in [4.78, 5) is 39.9. The molecule has 3 aliphatic rings. The van der Waals surface area contributed by atoms with Crippen molar-refractivity contribution in [1.82, 2.24) is 10.2 Å². The van der Waals surface area contributed by atoms with Gasteiger partial charge in [0.15, 0.2) is 6.10 Å². The number of aliphatic hydroxyl groups excluding tert-OH is 2. The molecule has 2 fully saturated rings. The van der Waals surface area contributed by atoms with E-state index >= 15 is 0 Å². The highest BCUT2D eigenvalue weighted by molar-refractivity contribution is 5.71. The summed E-state index contributed by atoms with van der Waals surface area (Å²) in [5, 5.41) is 24.1. The van der Waals surface area contributed by atoms with Gasteiger partial charge in [-0.05, 0) is 57.1 Å². The molecule has 2 saturated heterocycles. The summed E-state index contributed by atoms with van der Waals surface area (Å²) in [6.45, 7) is 15.2. The van der Waals surface area contributed by atoms with Crippen molar-refractivity contribution >= 4 is 18.0 Å². The number of epoxide rings is 1. The first kappa shape index (κ1) is 37.7. The van der Waals surface area contributed by atoms with E-state index in [0.717, 1.165) is 12.0 Å². The number of esters is 2. The van der Waals surface area contributed by atoms with Crippen molar-refractivity contribution in [1.29, 1.82) is 0 Å². The predicted molar refractivity (Wildman–Crippen MR) is 174 cm³/mol. The summed E-state index contributed by atoms with van der Waals surface area (Å²) >= 11 is 0. The molecule has 10 atom stereocenters.